The highest BCUT2D eigenvalue weighted by molar-refractivity contribution is 7.99. The van der Waals surface area contributed by atoms with E-state index < -0.39 is 12.0 Å². The van der Waals surface area contributed by atoms with Gasteiger partial charge in [0.2, 0.25) is 0 Å². The maximum Gasteiger partial charge on any atom is 0.325 e. The van der Waals surface area contributed by atoms with E-state index in [0.29, 0.717) is 10.6 Å². The lowest BCUT2D eigenvalue weighted by atomic mass is 10.1. The number of carbonyl (C=O) groups is 1. The van der Waals surface area contributed by atoms with Gasteiger partial charge in [-0.05, 0) is 35.9 Å². The van der Waals surface area contributed by atoms with Crippen LogP contribution in [-0.4, -0.2) is 11.1 Å². The van der Waals surface area contributed by atoms with Crippen LogP contribution >= 0.6 is 23.4 Å². The van der Waals surface area contributed by atoms with Crippen molar-refractivity contribution in [3.05, 3.63) is 59.1 Å². The summed E-state index contributed by atoms with van der Waals surface area (Å²) in [5, 5.41) is 9.68. The van der Waals surface area contributed by atoms with E-state index in [1.54, 1.807) is 24.3 Å². The fourth-order valence-electron chi connectivity index (χ4n) is 1.59. The van der Waals surface area contributed by atoms with Crippen molar-refractivity contribution in [2.24, 2.45) is 5.73 Å². The molecule has 0 fully saturated rings. The zero-order chi connectivity index (χ0) is 13.8. The zero-order valence-electron chi connectivity index (χ0n) is 9.92. The van der Waals surface area contributed by atoms with Gasteiger partial charge in [-0.1, -0.05) is 41.6 Å². The van der Waals surface area contributed by atoms with E-state index >= 15 is 0 Å². The molecule has 0 saturated carbocycles. The van der Waals surface area contributed by atoms with Gasteiger partial charge in [-0.2, -0.15) is 0 Å². The standard InChI is InChI=1S/C14H12ClNO2S/c15-9-5-7-10(8-6-9)19-12-4-2-1-3-11(12)13(16)14(17)18/h1-8,13H,16H2,(H,17,18). The zero-order valence-corrected chi connectivity index (χ0v) is 11.5. The van der Waals surface area contributed by atoms with Crippen molar-refractivity contribution in [3.63, 3.8) is 0 Å². The molecular weight excluding hydrogens is 282 g/mol. The summed E-state index contributed by atoms with van der Waals surface area (Å²) in [6.45, 7) is 0. The largest absolute Gasteiger partial charge is 0.480 e. The molecule has 0 bridgehead atoms. The first-order valence-corrected chi connectivity index (χ1v) is 6.78. The highest BCUT2D eigenvalue weighted by Gasteiger charge is 2.17. The van der Waals surface area contributed by atoms with Crippen LogP contribution in [0.3, 0.4) is 0 Å². The fraction of sp³-hybridized carbons (Fsp3) is 0.0714. The summed E-state index contributed by atoms with van der Waals surface area (Å²) in [6, 6.07) is 13.6. The van der Waals surface area contributed by atoms with E-state index in [1.807, 2.05) is 24.3 Å². The van der Waals surface area contributed by atoms with Crippen molar-refractivity contribution in [2.75, 3.05) is 0 Å². The Morgan fingerprint density at radius 1 is 1.16 bits per heavy atom. The predicted molar refractivity (Wildman–Crippen MR) is 76.6 cm³/mol. The number of hydrogen-bond donors (Lipinski definition) is 2. The second-order valence-corrected chi connectivity index (χ2v) is 5.46. The summed E-state index contributed by atoms with van der Waals surface area (Å²) in [6.07, 6.45) is 0. The van der Waals surface area contributed by atoms with Crippen LogP contribution < -0.4 is 5.73 Å². The first-order chi connectivity index (χ1) is 9.08. The molecule has 2 rings (SSSR count). The molecule has 5 heteroatoms. The molecule has 2 aromatic rings. The Morgan fingerprint density at radius 3 is 2.42 bits per heavy atom. The summed E-state index contributed by atoms with van der Waals surface area (Å²) in [7, 11) is 0. The minimum absolute atomic E-state index is 0.606. The predicted octanol–water partition coefficient (Wildman–Crippen LogP) is 3.58. The van der Waals surface area contributed by atoms with Gasteiger partial charge in [0.25, 0.3) is 0 Å². The third-order valence-electron chi connectivity index (χ3n) is 2.56. The minimum Gasteiger partial charge on any atom is -0.480 e. The van der Waals surface area contributed by atoms with Crippen LogP contribution in [0.4, 0.5) is 0 Å². The van der Waals surface area contributed by atoms with Crippen LogP contribution in [0.5, 0.6) is 0 Å². The molecule has 0 amide bonds. The quantitative estimate of drug-likeness (QED) is 0.904. The molecule has 1 atom stereocenters. The van der Waals surface area contributed by atoms with E-state index in [-0.39, 0.29) is 0 Å². The van der Waals surface area contributed by atoms with E-state index in [1.165, 1.54) is 11.8 Å². The maximum absolute atomic E-state index is 11.0. The van der Waals surface area contributed by atoms with E-state index in [2.05, 4.69) is 0 Å². The molecule has 3 nitrogen and oxygen atoms in total. The molecule has 0 saturated heterocycles. The van der Waals surface area contributed by atoms with Crippen molar-refractivity contribution in [3.8, 4) is 0 Å². The Hall–Kier alpha value is -1.49. The molecule has 0 radical (unpaired) electrons. The fourth-order valence-corrected chi connectivity index (χ4v) is 2.70. The molecular formula is C14H12ClNO2S. The van der Waals surface area contributed by atoms with Gasteiger partial charge in [-0.25, -0.2) is 0 Å². The lowest BCUT2D eigenvalue weighted by Gasteiger charge is -2.12. The van der Waals surface area contributed by atoms with Gasteiger partial charge in [0.15, 0.2) is 0 Å². The molecule has 98 valence electrons. The number of carboxylic acids is 1. The third kappa shape index (κ3) is 3.50. The molecule has 3 N–H and O–H groups in total. The molecule has 1 unspecified atom stereocenters. The topological polar surface area (TPSA) is 63.3 Å². The summed E-state index contributed by atoms with van der Waals surface area (Å²) in [5.74, 6) is -1.04. The molecule has 0 aliphatic heterocycles. The van der Waals surface area contributed by atoms with E-state index in [4.69, 9.17) is 22.4 Å². The molecule has 2 aromatic carbocycles. The molecule has 0 heterocycles. The Kier molecular flexibility index (Phi) is 4.47. The van der Waals surface area contributed by atoms with Crippen LogP contribution in [0.2, 0.25) is 5.02 Å². The maximum atomic E-state index is 11.0. The molecule has 0 aliphatic rings. The van der Waals surface area contributed by atoms with Crippen LogP contribution in [-0.2, 0) is 4.79 Å². The Labute approximate surface area is 120 Å². The van der Waals surface area contributed by atoms with Crippen molar-refractivity contribution in [1.82, 2.24) is 0 Å². The van der Waals surface area contributed by atoms with E-state index in [0.717, 1.165) is 9.79 Å². The number of carboxylic acid groups (broad SMARTS) is 1. The number of hydrogen-bond acceptors (Lipinski definition) is 3. The average Bonchev–Trinajstić information content (AvgIpc) is 2.41. The van der Waals surface area contributed by atoms with Gasteiger partial charge in [-0.3, -0.25) is 4.79 Å². The second-order valence-electron chi connectivity index (χ2n) is 3.91. The number of aliphatic carboxylic acids is 1. The van der Waals surface area contributed by atoms with Gasteiger partial charge >= 0.3 is 5.97 Å². The normalized spacial score (nSPS) is 12.1. The number of benzene rings is 2. The van der Waals surface area contributed by atoms with Crippen LogP contribution in [0.25, 0.3) is 0 Å². The lowest BCUT2D eigenvalue weighted by molar-refractivity contribution is -0.138. The smallest absolute Gasteiger partial charge is 0.325 e. The average molecular weight is 294 g/mol. The SMILES string of the molecule is NC(C(=O)O)c1ccccc1Sc1ccc(Cl)cc1. The Bertz CT molecular complexity index is 586. The highest BCUT2D eigenvalue weighted by Crippen LogP contribution is 2.33. The van der Waals surface area contributed by atoms with Crippen molar-refractivity contribution >= 4 is 29.3 Å². The monoisotopic (exact) mass is 293 g/mol. The van der Waals surface area contributed by atoms with Crippen LogP contribution in [0.1, 0.15) is 11.6 Å². The number of rotatable bonds is 4. The lowest BCUT2D eigenvalue weighted by Crippen LogP contribution is -2.21. The van der Waals surface area contributed by atoms with Crippen molar-refractivity contribution < 1.29 is 9.90 Å². The highest BCUT2D eigenvalue weighted by atomic mass is 35.5. The first-order valence-electron chi connectivity index (χ1n) is 5.58. The summed E-state index contributed by atoms with van der Waals surface area (Å²) in [5.41, 5.74) is 6.29. The summed E-state index contributed by atoms with van der Waals surface area (Å²) in [4.78, 5) is 12.8. The number of nitrogens with two attached hydrogens (primary N) is 1. The molecule has 0 aromatic heterocycles. The third-order valence-corrected chi connectivity index (χ3v) is 3.91. The summed E-state index contributed by atoms with van der Waals surface area (Å²) >= 11 is 7.30. The van der Waals surface area contributed by atoms with Crippen molar-refractivity contribution in [2.45, 2.75) is 15.8 Å². The molecule has 19 heavy (non-hydrogen) atoms. The molecule has 0 spiro atoms. The van der Waals surface area contributed by atoms with Crippen LogP contribution in [0, 0.1) is 0 Å². The van der Waals surface area contributed by atoms with Gasteiger partial charge in [0.1, 0.15) is 6.04 Å². The Balaban J connectivity index is 2.30. The van der Waals surface area contributed by atoms with Gasteiger partial charge in [0.05, 0.1) is 0 Å². The first kappa shape index (κ1) is 13.9. The molecule has 0 aliphatic carbocycles. The summed E-state index contributed by atoms with van der Waals surface area (Å²) < 4.78 is 0. The second kappa shape index (κ2) is 6.10. The Morgan fingerprint density at radius 2 is 1.79 bits per heavy atom. The van der Waals surface area contributed by atoms with Crippen molar-refractivity contribution in [1.29, 1.82) is 0 Å². The van der Waals surface area contributed by atoms with Crippen LogP contribution in [0.15, 0.2) is 58.3 Å². The van der Waals surface area contributed by atoms with Gasteiger partial charge < -0.3 is 10.8 Å². The number of halogens is 1. The van der Waals surface area contributed by atoms with E-state index in [9.17, 15) is 4.79 Å². The van der Waals surface area contributed by atoms with Gasteiger partial charge in [-0.15, -0.1) is 0 Å². The minimum atomic E-state index is -1.04. The van der Waals surface area contributed by atoms with Gasteiger partial charge in [0, 0.05) is 14.8 Å².